The van der Waals surface area contributed by atoms with Gasteiger partial charge in [-0.25, -0.2) is 5.06 Å². The Balaban J connectivity index is 3.95. The number of amides is 1. The minimum absolute atomic E-state index is 0.115. The molecule has 0 saturated carbocycles. The summed E-state index contributed by atoms with van der Waals surface area (Å²) in [5, 5.41) is 9.45. The van der Waals surface area contributed by atoms with Crippen LogP contribution in [0, 0.1) is 0 Å². The van der Waals surface area contributed by atoms with E-state index in [2.05, 4.69) is 11.4 Å². The van der Waals surface area contributed by atoms with Crippen molar-refractivity contribution in [2.75, 3.05) is 20.8 Å². The van der Waals surface area contributed by atoms with Gasteiger partial charge in [-0.2, -0.15) is 0 Å². The first-order valence-corrected chi connectivity index (χ1v) is 2.74. The Morgan fingerprint density at radius 1 is 1.80 bits per heavy atom. The lowest BCUT2D eigenvalue weighted by atomic mass is 10.3. The van der Waals surface area contributed by atoms with Crippen molar-refractivity contribution in [3.63, 3.8) is 0 Å². The molecule has 0 aliphatic rings. The SMILES string of the molecule is C=C(CO)C(=O)N(C)OC. The zero-order valence-electron chi connectivity index (χ0n) is 6.13. The smallest absolute Gasteiger partial charge is 0.274 e. The van der Waals surface area contributed by atoms with E-state index in [1.54, 1.807) is 0 Å². The molecule has 0 saturated heterocycles. The average molecular weight is 145 g/mol. The van der Waals surface area contributed by atoms with E-state index in [0.29, 0.717) is 0 Å². The number of hydrogen-bond acceptors (Lipinski definition) is 3. The van der Waals surface area contributed by atoms with Crippen molar-refractivity contribution in [3.8, 4) is 0 Å². The Morgan fingerprint density at radius 3 is 2.60 bits per heavy atom. The first kappa shape index (κ1) is 9.13. The Morgan fingerprint density at radius 2 is 2.30 bits per heavy atom. The number of carbonyl (C=O) groups excluding carboxylic acids is 1. The Kier molecular flexibility index (Phi) is 3.68. The molecule has 0 unspecified atom stereocenters. The second-order valence-corrected chi connectivity index (χ2v) is 1.75. The molecule has 0 heterocycles. The molecule has 0 spiro atoms. The lowest BCUT2D eigenvalue weighted by Crippen LogP contribution is -2.27. The number of carbonyl (C=O) groups is 1. The van der Waals surface area contributed by atoms with Gasteiger partial charge in [0.2, 0.25) is 0 Å². The molecule has 0 rings (SSSR count). The maximum atomic E-state index is 10.8. The van der Waals surface area contributed by atoms with Gasteiger partial charge in [-0.05, 0) is 0 Å². The van der Waals surface area contributed by atoms with Crippen molar-refractivity contribution in [2.45, 2.75) is 0 Å². The van der Waals surface area contributed by atoms with Crippen LogP contribution in [0.25, 0.3) is 0 Å². The highest BCUT2D eigenvalue weighted by molar-refractivity contribution is 5.92. The van der Waals surface area contributed by atoms with Crippen LogP contribution in [-0.4, -0.2) is 36.8 Å². The third-order valence-electron chi connectivity index (χ3n) is 1.05. The van der Waals surface area contributed by atoms with E-state index in [-0.39, 0.29) is 12.2 Å². The van der Waals surface area contributed by atoms with Gasteiger partial charge >= 0.3 is 0 Å². The molecule has 0 aromatic carbocycles. The second-order valence-electron chi connectivity index (χ2n) is 1.75. The number of rotatable bonds is 3. The summed E-state index contributed by atoms with van der Waals surface area (Å²) < 4.78 is 0. The molecule has 0 aromatic rings. The third-order valence-corrected chi connectivity index (χ3v) is 1.05. The maximum Gasteiger partial charge on any atom is 0.274 e. The highest BCUT2D eigenvalue weighted by Crippen LogP contribution is 1.94. The van der Waals surface area contributed by atoms with E-state index < -0.39 is 5.91 Å². The number of hydroxylamine groups is 2. The maximum absolute atomic E-state index is 10.8. The summed E-state index contributed by atoms with van der Waals surface area (Å²) in [5.41, 5.74) is 0.115. The molecule has 4 heteroatoms. The number of nitrogens with zero attached hydrogens (tertiary/aromatic N) is 1. The fraction of sp³-hybridized carbons (Fsp3) is 0.500. The van der Waals surface area contributed by atoms with E-state index in [9.17, 15) is 4.79 Å². The molecular formula is C6H11NO3. The monoisotopic (exact) mass is 145 g/mol. The Labute approximate surface area is 59.7 Å². The fourth-order valence-corrected chi connectivity index (χ4v) is 0.373. The summed E-state index contributed by atoms with van der Waals surface area (Å²) in [6.45, 7) is 2.98. The largest absolute Gasteiger partial charge is 0.391 e. The lowest BCUT2D eigenvalue weighted by Gasteiger charge is -2.13. The van der Waals surface area contributed by atoms with Gasteiger partial charge in [0.25, 0.3) is 5.91 Å². The summed E-state index contributed by atoms with van der Waals surface area (Å²) >= 11 is 0. The zero-order chi connectivity index (χ0) is 8.15. The van der Waals surface area contributed by atoms with E-state index >= 15 is 0 Å². The van der Waals surface area contributed by atoms with E-state index in [0.717, 1.165) is 5.06 Å². The standard InChI is InChI=1S/C6H11NO3/c1-5(4-8)6(9)7(2)10-3/h8H,1,4H2,2-3H3. The first-order valence-electron chi connectivity index (χ1n) is 2.74. The van der Waals surface area contributed by atoms with Crippen LogP contribution in [-0.2, 0) is 9.63 Å². The third kappa shape index (κ3) is 2.16. The topological polar surface area (TPSA) is 49.8 Å². The van der Waals surface area contributed by atoms with Gasteiger partial charge in [0.1, 0.15) is 0 Å². The zero-order valence-corrected chi connectivity index (χ0v) is 6.13. The molecule has 4 nitrogen and oxygen atoms in total. The molecule has 10 heavy (non-hydrogen) atoms. The average Bonchev–Trinajstić information content (AvgIpc) is 2.00. The van der Waals surface area contributed by atoms with Crippen LogP contribution >= 0.6 is 0 Å². The molecule has 0 aromatic heterocycles. The normalized spacial score (nSPS) is 9.10. The first-order chi connectivity index (χ1) is 4.63. The molecule has 0 atom stereocenters. The fourth-order valence-electron chi connectivity index (χ4n) is 0.373. The van der Waals surface area contributed by atoms with Crippen LogP contribution < -0.4 is 0 Å². The van der Waals surface area contributed by atoms with Crippen molar-refractivity contribution in [1.82, 2.24) is 5.06 Å². The van der Waals surface area contributed by atoms with Gasteiger partial charge in [0.15, 0.2) is 0 Å². The minimum atomic E-state index is -0.412. The van der Waals surface area contributed by atoms with Gasteiger partial charge in [0, 0.05) is 12.6 Å². The molecule has 1 amide bonds. The van der Waals surface area contributed by atoms with Crippen LogP contribution in [0.3, 0.4) is 0 Å². The van der Waals surface area contributed by atoms with E-state index in [1.165, 1.54) is 14.2 Å². The number of aliphatic hydroxyl groups excluding tert-OH is 1. The molecule has 58 valence electrons. The van der Waals surface area contributed by atoms with E-state index in [1.807, 2.05) is 0 Å². The van der Waals surface area contributed by atoms with Gasteiger partial charge in [0.05, 0.1) is 13.7 Å². The highest BCUT2D eigenvalue weighted by atomic mass is 16.7. The molecule has 1 N–H and O–H groups in total. The lowest BCUT2D eigenvalue weighted by molar-refractivity contribution is -0.164. The Hall–Kier alpha value is -0.870. The summed E-state index contributed by atoms with van der Waals surface area (Å²) in [6.07, 6.45) is 0. The quantitative estimate of drug-likeness (QED) is 0.432. The Bertz CT molecular complexity index is 144. The molecule has 0 bridgehead atoms. The van der Waals surface area contributed by atoms with Crippen LogP contribution in [0.2, 0.25) is 0 Å². The molecule has 0 fully saturated rings. The number of aliphatic hydroxyl groups is 1. The molecular weight excluding hydrogens is 134 g/mol. The van der Waals surface area contributed by atoms with Crippen LogP contribution in [0.5, 0.6) is 0 Å². The van der Waals surface area contributed by atoms with Crippen molar-refractivity contribution < 1.29 is 14.7 Å². The van der Waals surface area contributed by atoms with Crippen LogP contribution in [0.15, 0.2) is 12.2 Å². The van der Waals surface area contributed by atoms with Crippen LogP contribution in [0.1, 0.15) is 0 Å². The van der Waals surface area contributed by atoms with Gasteiger partial charge < -0.3 is 5.11 Å². The molecule has 0 aliphatic heterocycles. The molecule has 0 radical (unpaired) electrons. The van der Waals surface area contributed by atoms with Crippen LogP contribution in [0.4, 0.5) is 0 Å². The summed E-state index contributed by atoms with van der Waals surface area (Å²) in [5.74, 6) is -0.412. The van der Waals surface area contributed by atoms with E-state index in [4.69, 9.17) is 5.11 Å². The van der Waals surface area contributed by atoms with Gasteiger partial charge in [-0.1, -0.05) is 6.58 Å². The summed E-state index contributed by atoms with van der Waals surface area (Å²) in [4.78, 5) is 15.4. The van der Waals surface area contributed by atoms with Gasteiger partial charge in [-0.3, -0.25) is 9.63 Å². The highest BCUT2D eigenvalue weighted by Gasteiger charge is 2.10. The summed E-state index contributed by atoms with van der Waals surface area (Å²) in [7, 11) is 2.81. The van der Waals surface area contributed by atoms with Crippen molar-refractivity contribution in [2.24, 2.45) is 0 Å². The summed E-state index contributed by atoms with van der Waals surface area (Å²) in [6, 6.07) is 0. The number of likely N-dealkylation sites (N-methyl/N-ethyl adjacent to an activating group) is 1. The predicted molar refractivity (Wildman–Crippen MR) is 36.0 cm³/mol. The van der Waals surface area contributed by atoms with Gasteiger partial charge in [-0.15, -0.1) is 0 Å². The van der Waals surface area contributed by atoms with Crippen molar-refractivity contribution in [1.29, 1.82) is 0 Å². The van der Waals surface area contributed by atoms with Crippen molar-refractivity contribution >= 4 is 5.91 Å². The minimum Gasteiger partial charge on any atom is -0.391 e. The predicted octanol–water partition coefficient (Wildman–Crippen LogP) is -0.445. The molecule has 0 aliphatic carbocycles. The number of hydrogen-bond donors (Lipinski definition) is 1. The second kappa shape index (κ2) is 4.03. The van der Waals surface area contributed by atoms with Crippen molar-refractivity contribution in [3.05, 3.63) is 12.2 Å².